The second-order valence-electron chi connectivity index (χ2n) is 6.41. The summed E-state index contributed by atoms with van der Waals surface area (Å²) in [7, 11) is 0. The number of nitrogens with one attached hydrogen (secondary N) is 1. The number of benzene rings is 2. The molecule has 0 bridgehead atoms. The lowest BCUT2D eigenvalue weighted by Crippen LogP contribution is -2.37. The third-order valence-electron chi connectivity index (χ3n) is 4.54. The SMILES string of the molecule is O=C(C=Cc1ccccc1F)NC(CO)c1ccc(F)c(N2CCOCC2)c1. The first-order chi connectivity index (χ1) is 13.6. The molecule has 1 heterocycles. The molecule has 7 heteroatoms. The van der Waals surface area contributed by atoms with Crippen LogP contribution in [0.15, 0.2) is 48.5 Å². The standard InChI is InChI=1S/C21H22F2N2O3/c22-17-4-2-1-3-15(17)6-8-21(27)24-19(14-26)16-5-7-18(23)20(13-16)25-9-11-28-12-10-25/h1-8,13,19,26H,9-12,14H2,(H,24,27). The predicted octanol–water partition coefficient (Wildman–Crippen LogP) is 2.66. The number of hydrogen-bond donors (Lipinski definition) is 2. The van der Waals surface area contributed by atoms with Crippen LogP contribution in [-0.2, 0) is 9.53 Å². The number of ether oxygens (including phenoxy) is 1. The number of nitrogens with zero attached hydrogens (tertiary/aromatic N) is 1. The zero-order chi connectivity index (χ0) is 19.9. The van der Waals surface area contributed by atoms with Crippen LogP contribution in [0.25, 0.3) is 6.08 Å². The summed E-state index contributed by atoms with van der Waals surface area (Å²) in [6.07, 6.45) is 2.57. The van der Waals surface area contributed by atoms with Crippen LogP contribution in [-0.4, -0.2) is 43.9 Å². The van der Waals surface area contributed by atoms with Crippen molar-refractivity contribution in [2.45, 2.75) is 6.04 Å². The first-order valence-electron chi connectivity index (χ1n) is 9.04. The van der Waals surface area contributed by atoms with E-state index in [4.69, 9.17) is 4.74 Å². The van der Waals surface area contributed by atoms with E-state index in [1.807, 2.05) is 4.90 Å². The predicted molar refractivity (Wildman–Crippen MR) is 103 cm³/mol. The Morgan fingerprint density at radius 3 is 2.64 bits per heavy atom. The molecule has 0 radical (unpaired) electrons. The van der Waals surface area contributed by atoms with E-state index in [0.29, 0.717) is 37.6 Å². The lowest BCUT2D eigenvalue weighted by atomic mass is 10.1. The van der Waals surface area contributed by atoms with Gasteiger partial charge in [-0.2, -0.15) is 0 Å². The van der Waals surface area contributed by atoms with E-state index >= 15 is 0 Å². The number of morpholine rings is 1. The number of hydrogen-bond acceptors (Lipinski definition) is 4. The van der Waals surface area contributed by atoms with Crippen LogP contribution in [0.4, 0.5) is 14.5 Å². The van der Waals surface area contributed by atoms with Crippen molar-refractivity contribution in [1.29, 1.82) is 0 Å². The number of anilines is 1. The molecule has 0 saturated carbocycles. The molecule has 28 heavy (non-hydrogen) atoms. The van der Waals surface area contributed by atoms with Gasteiger partial charge in [-0.05, 0) is 29.8 Å². The molecule has 1 atom stereocenters. The summed E-state index contributed by atoms with van der Waals surface area (Å²) in [4.78, 5) is 14.1. The molecular weight excluding hydrogens is 366 g/mol. The van der Waals surface area contributed by atoms with E-state index in [0.717, 1.165) is 0 Å². The Labute approximate surface area is 162 Å². The molecule has 3 rings (SSSR count). The highest BCUT2D eigenvalue weighted by molar-refractivity contribution is 5.92. The molecule has 1 aliphatic heterocycles. The maximum Gasteiger partial charge on any atom is 0.244 e. The van der Waals surface area contributed by atoms with Gasteiger partial charge in [0.05, 0.1) is 31.5 Å². The third kappa shape index (κ3) is 4.94. The summed E-state index contributed by atoms with van der Waals surface area (Å²) in [5.74, 6) is -1.29. The van der Waals surface area contributed by atoms with E-state index in [-0.39, 0.29) is 18.0 Å². The molecule has 2 aromatic rings. The fraction of sp³-hybridized carbons (Fsp3) is 0.286. The largest absolute Gasteiger partial charge is 0.394 e. The van der Waals surface area contributed by atoms with Crippen LogP contribution < -0.4 is 10.2 Å². The minimum absolute atomic E-state index is 0.287. The summed E-state index contributed by atoms with van der Waals surface area (Å²) in [5, 5.41) is 12.4. The Bertz CT molecular complexity index is 851. The second kappa shape index (κ2) is 9.43. The van der Waals surface area contributed by atoms with Crippen molar-refractivity contribution >= 4 is 17.7 Å². The average molecular weight is 388 g/mol. The molecule has 1 aliphatic rings. The minimum Gasteiger partial charge on any atom is -0.394 e. The molecular formula is C21H22F2N2O3. The molecule has 0 aromatic heterocycles. The number of rotatable bonds is 6. The molecule has 1 unspecified atom stereocenters. The summed E-state index contributed by atoms with van der Waals surface area (Å²) >= 11 is 0. The summed E-state index contributed by atoms with van der Waals surface area (Å²) in [5.41, 5.74) is 1.28. The van der Waals surface area contributed by atoms with E-state index in [1.165, 1.54) is 30.4 Å². The molecule has 1 fully saturated rings. The van der Waals surface area contributed by atoms with Gasteiger partial charge in [-0.15, -0.1) is 0 Å². The van der Waals surface area contributed by atoms with Crippen LogP contribution in [0.3, 0.4) is 0 Å². The molecule has 1 saturated heterocycles. The number of amides is 1. The highest BCUT2D eigenvalue weighted by Gasteiger charge is 2.19. The van der Waals surface area contributed by atoms with Gasteiger partial charge in [0.2, 0.25) is 5.91 Å². The van der Waals surface area contributed by atoms with Crippen molar-refractivity contribution in [3.63, 3.8) is 0 Å². The molecule has 1 amide bonds. The Kier molecular flexibility index (Phi) is 6.73. The number of aliphatic hydroxyl groups excluding tert-OH is 1. The van der Waals surface area contributed by atoms with Gasteiger partial charge in [0, 0.05) is 24.7 Å². The quantitative estimate of drug-likeness (QED) is 0.747. The van der Waals surface area contributed by atoms with Crippen LogP contribution >= 0.6 is 0 Å². The molecule has 2 N–H and O–H groups in total. The zero-order valence-corrected chi connectivity index (χ0v) is 15.3. The summed E-state index contributed by atoms with van der Waals surface area (Å²) in [6, 6.07) is 9.86. The molecule has 2 aromatic carbocycles. The van der Waals surface area contributed by atoms with Gasteiger partial charge in [0.15, 0.2) is 0 Å². The van der Waals surface area contributed by atoms with Crippen LogP contribution in [0.1, 0.15) is 17.2 Å². The molecule has 5 nitrogen and oxygen atoms in total. The summed E-state index contributed by atoms with van der Waals surface area (Å²) in [6.45, 7) is 1.83. The topological polar surface area (TPSA) is 61.8 Å². The highest BCUT2D eigenvalue weighted by Crippen LogP contribution is 2.25. The van der Waals surface area contributed by atoms with Gasteiger partial charge in [-0.1, -0.05) is 24.3 Å². The Balaban J connectivity index is 1.72. The number of halogens is 2. The van der Waals surface area contributed by atoms with Crippen molar-refractivity contribution in [2.75, 3.05) is 37.8 Å². The van der Waals surface area contributed by atoms with E-state index in [1.54, 1.807) is 24.3 Å². The smallest absolute Gasteiger partial charge is 0.244 e. The normalized spacial score (nSPS) is 15.6. The van der Waals surface area contributed by atoms with Crippen LogP contribution in [0, 0.1) is 11.6 Å². The zero-order valence-electron chi connectivity index (χ0n) is 15.3. The van der Waals surface area contributed by atoms with Crippen molar-refractivity contribution in [2.24, 2.45) is 0 Å². The maximum atomic E-state index is 14.3. The lowest BCUT2D eigenvalue weighted by Gasteiger charge is -2.30. The van der Waals surface area contributed by atoms with E-state index < -0.39 is 17.8 Å². The minimum atomic E-state index is -0.710. The third-order valence-corrected chi connectivity index (χ3v) is 4.54. The van der Waals surface area contributed by atoms with E-state index in [9.17, 15) is 18.7 Å². The van der Waals surface area contributed by atoms with Gasteiger partial charge in [0.1, 0.15) is 11.6 Å². The second-order valence-corrected chi connectivity index (χ2v) is 6.41. The molecule has 0 spiro atoms. The van der Waals surface area contributed by atoms with Crippen LogP contribution in [0.5, 0.6) is 0 Å². The van der Waals surface area contributed by atoms with Gasteiger partial charge in [0.25, 0.3) is 0 Å². The number of carbonyl (C=O) groups is 1. The average Bonchev–Trinajstić information content (AvgIpc) is 2.72. The fourth-order valence-corrected chi connectivity index (χ4v) is 3.02. The first-order valence-corrected chi connectivity index (χ1v) is 9.04. The van der Waals surface area contributed by atoms with Gasteiger partial charge >= 0.3 is 0 Å². The maximum absolute atomic E-state index is 14.3. The van der Waals surface area contributed by atoms with E-state index in [2.05, 4.69) is 5.32 Å². The Hall–Kier alpha value is -2.77. The van der Waals surface area contributed by atoms with Crippen molar-refractivity contribution < 1.29 is 23.4 Å². The van der Waals surface area contributed by atoms with Crippen molar-refractivity contribution in [3.05, 3.63) is 71.3 Å². The Morgan fingerprint density at radius 1 is 1.18 bits per heavy atom. The van der Waals surface area contributed by atoms with Gasteiger partial charge in [-0.3, -0.25) is 4.79 Å². The van der Waals surface area contributed by atoms with Gasteiger partial charge in [-0.25, -0.2) is 8.78 Å². The van der Waals surface area contributed by atoms with Crippen molar-refractivity contribution in [1.82, 2.24) is 5.32 Å². The van der Waals surface area contributed by atoms with Crippen LogP contribution in [0.2, 0.25) is 0 Å². The van der Waals surface area contributed by atoms with Gasteiger partial charge < -0.3 is 20.1 Å². The fourth-order valence-electron chi connectivity index (χ4n) is 3.02. The first kappa shape index (κ1) is 20.0. The summed E-state index contributed by atoms with van der Waals surface area (Å²) < 4.78 is 33.2. The molecule has 0 aliphatic carbocycles. The highest BCUT2D eigenvalue weighted by atomic mass is 19.1. The number of carbonyl (C=O) groups excluding carboxylic acids is 1. The lowest BCUT2D eigenvalue weighted by molar-refractivity contribution is -0.117. The Morgan fingerprint density at radius 2 is 1.93 bits per heavy atom. The molecule has 148 valence electrons. The van der Waals surface area contributed by atoms with Crippen molar-refractivity contribution in [3.8, 4) is 0 Å². The number of aliphatic hydroxyl groups is 1. The monoisotopic (exact) mass is 388 g/mol.